The van der Waals surface area contributed by atoms with Crippen LogP contribution in [0.3, 0.4) is 0 Å². The van der Waals surface area contributed by atoms with Gasteiger partial charge < -0.3 is 9.84 Å². The quantitative estimate of drug-likeness (QED) is 0.870. The third-order valence-corrected chi connectivity index (χ3v) is 4.25. The van der Waals surface area contributed by atoms with Gasteiger partial charge in [0, 0.05) is 0 Å². The van der Waals surface area contributed by atoms with Crippen molar-refractivity contribution in [1.82, 2.24) is 0 Å². The average molecular weight is 356 g/mol. The van der Waals surface area contributed by atoms with Crippen LogP contribution in [0.2, 0.25) is 0 Å². The Bertz CT molecular complexity index is 627. The summed E-state index contributed by atoms with van der Waals surface area (Å²) in [7, 11) is 0. The molecule has 2 N–H and O–H groups in total. The molecule has 0 unspecified atom stereocenters. The summed E-state index contributed by atoms with van der Waals surface area (Å²) >= 11 is 4.15. The van der Waals surface area contributed by atoms with Gasteiger partial charge in [-0.3, -0.25) is 5.32 Å². The van der Waals surface area contributed by atoms with E-state index in [0.29, 0.717) is 9.47 Å². The molecule has 0 radical (unpaired) electrons. The van der Waals surface area contributed by atoms with Crippen LogP contribution in [-0.2, 0) is 11.3 Å². The SMILES string of the molecule is O=C(Nc1sc(C(=O)O)cc1Br)OCc1ccccc1. The number of anilines is 1. The van der Waals surface area contributed by atoms with Gasteiger partial charge in [-0.2, -0.15) is 0 Å². The normalized spacial score (nSPS) is 10.1. The molecular weight excluding hydrogens is 346 g/mol. The molecule has 1 aromatic heterocycles. The van der Waals surface area contributed by atoms with Gasteiger partial charge in [0.1, 0.15) is 16.5 Å². The van der Waals surface area contributed by atoms with E-state index in [1.807, 2.05) is 30.3 Å². The molecule has 0 saturated heterocycles. The summed E-state index contributed by atoms with van der Waals surface area (Å²) in [5, 5.41) is 11.8. The van der Waals surface area contributed by atoms with Crippen LogP contribution in [0.15, 0.2) is 40.9 Å². The summed E-state index contributed by atoms with van der Waals surface area (Å²) in [4.78, 5) is 22.6. The number of hydrogen-bond donors (Lipinski definition) is 2. The van der Waals surface area contributed by atoms with Crippen LogP contribution in [0, 0.1) is 0 Å². The topological polar surface area (TPSA) is 75.6 Å². The molecule has 20 heavy (non-hydrogen) atoms. The highest BCUT2D eigenvalue weighted by atomic mass is 79.9. The second-order valence-electron chi connectivity index (χ2n) is 3.78. The lowest BCUT2D eigenvalue weighted by atomic mass is 10.2. The van der Waals surface area contributed by atoms with E-state index in [4.69, 9.17) is 9.84 Å². The van der Waals surface area contributed by atoms with E-state index in [0.717, 1.165) is 16.9 Å². The van der Waals surface area contributed by atoms with Gasteiger partial charge in [0.25, 0.3) is 0 Å². The Hall–Kier alpha value is -1.86. The van der Waals surface area contributed by atoms with E-state index >= 15 is 0 Å². The predicted octanol–water partition coefficient (Wildman–Crippen LogP) is 3.96. The molecule has 1 heterocycles. The molecule has 1 aromatic carbocycles. The molecule has 2 aromatic rings. The van der Waals surface area contributed by atoms with Crippen molar-refractivity contribution in [2.75, 3.05) is 5.32 Å². The number of carboxylic acids is 1. The Kier molecular flexibility index (Phi) is 4.75. The maximum Gasteiger partial charge on any atom is 0.412 e. The monoisotopic (exact) mass is 355 g/mol. The lowest BCUT2D eigenvalue weighted by Gasteiger charge is -2.05. The number of amides is 1. The third kappa shape index (κ3) is 3.82. The van der Waals surface area contributed by atoms with Crippen LogP contribution in [0.25, 0.3) is 0 Å². The minimum Gasteiger partial charge on any atom is -0.477 e. The fourth-order valence-corrected chi connectivity index (χ4v) is 2.91. The van der Waals surface area contributed by atoms with E-state index in [1.165, 1.54) is 6.07 Å². The van der Waals surface area contributed by atoms with Crippen molar-refractivity contribution in [2.24, 2.45) is 0 Å². The Morgan fingerprint density at radius 1 is 1.30 bits per heavy atom. The Balaban J connectivity index is 1.93. The second kappa shape index (κ2) is 6.53. The number of carbonyl (C=O) groups is 2. The molecule has 0 atom stereocenters. The minimum atomic E-state index is -1.04. The molecule has 0 aliphatic heterocycles. The van der Waals surface area contributed by atoms with Gasteiger partial charge in [0.2, 0.25) is 0 Å². The summed E-state index contributed by atoms with van der Waals surface area (Å²) in [5.41, 5.74) is 0.874. The van der Waals surface area contributed by atoms with Crippen LogP contribution in [0.4, 0.5) is 9.80 Å². The summed E-state index contributed by atoms with van der Waals surface area (Å²) in [6, 6.07) is 10.7. The van der Waals surface area contributed by atoms with Crippen molar-refractivity contribution in [3.63, 3.8) is 0 Å². The molecule has 0 aliphatic carbocycles. The fourth-order valence-electron chi connectivity index (χ4n) is 1.41. The molecule has 104 valence electrons. The molecule has 7 heteroatoms. The molecule has 0 bridgehead atoms. The molecule has 1 amide bonds. The third-order valence-electron chi connectivity index (χ3n) is 2.33. The number of aromatic carboxylic acids is 1. The number of rotatable bonds is 4. The molecule has 2 rings (SSSR count). The highest BCUT2D eigenvalue weighted by Crippen LogP contribution is 2.32. The predicted molar refractivity (Wildman–Crippen MR) is 79.2 cm³/mol. The van der Waals surface area contributed by atoms with Crippen molar-refractivity contribution in [2.45, 2.75) is 6.61 Å². The molecular formula is C13H10BrNO4S. The first-order valence-electron chi connectivity index (χ1n) is 5.56. The van der Waals surface area contributed by atoms with Crippen LogP contribution in [0.1, 0.15) is 15.2 Å². The average Bonchev–Trinajstić information content (AvgIpc) is 2.79. The summed E-state index contributed by atoms with van der Waals surface area (Å²) in [5.74, 6) is -1.04. The number of halogens is 1. The molecule has 0 fully saturated rings. The van der Waals surface area contributed by atoms with Gasteiger partial charge in [0.15, 0.2) is 0 Å². The van der Waals surface area contributed by atoms with Gasteiger partial charge in [-0.1, -0.05) is 30.3 Å². The molecule has 0 saturated carbocycles. The summed E-state index contributed by atoms with van der Waals surface area (Å²) < 4.78 is 5.56. The number of hydrogen-bond acceptors (Lipinski definition) is 4. The van der Waals surface area contributed by atoms with Crippen LogP contribution >= 0.6 is 27.3 Å². The van der Waals surface area contributed by atoms with Crippen LogP contribution < -0.4 is 5.32 Å². The number of thiophene rings is 1. The number of carbonyl (C=O) groups excluding carboxylic acids is 1. The van der Waals surface area contributed by atoms with Gasteiger partial charge in [-0.15, -0.1) is 11.3 Å². The highest BCUT2D eigenvalue weighted by Gasteiger charge is 2.14. The number of nitrogens with one attached hydrogen (secondary N) is 1. The first kappa shape index (κ1) is 14.5. The largest absolute Gasteiger partial charge is 0.477 e. The zero-order valence-electron chi connectivity index (χ0n) is 10.1. The highest BCUT2D eigenvalue weighted by molar-refractivity contribution is 9.10. The zero-order valence-corrected chi connectivity index (χ0v) is 12.5. The molecule has 5 nitrogen and oxygen atoms in total. The van der Waals surface area contributed by atoms with Crippen molar-refractivity contribution in [3.8, 4) is 0 Å². The van der Waals surface area contributed by atoms with Crippen molar-refractivity contribution >= 4 is 44.3 Å². The maximum atomic E-state index is 11.6. The number of carboxylic acid groups (broad SMARTS) is 1. The summed E-state index contributed by atoms with van der Waals surface area (Å²) in [6.07, 6.45) is -0.631. The molecule has 0 aliphatic rings. The van der Waals surface area contributed by atoms with Crippen molar-refractivity contribution in [3.05, 3.63) is 51.3 Å². The van der Waals surface area contributed by atoms with Gasteiger partial charge >= 0.3 is 12.1 Å². The Morgan fingerprint density at radius 3 is 2.60 bits per heavy atom. The van der Waals surface area contributed by atoms with Gasteiger partial charge in [-0.05, 0) is 27.6 Å². The lowest BCUT2D eigenvalue weighted by Crippen LogP contribution is -2.12. The fraction of sp³-hybridized carbons (Fsp3) is 0.0769. The minimum absolute atomic E-state index is 0.134. The Morgan fingerprint density at radius 2 is 2.00 bits per heavy atom. The van der Waals surface area contributed by atoms with Crippen molar-refractivity contribution < 1.29 is 19.4 Å². The first-order chi connectivity index (χ1) is 9.56. The van der Waals surface area contributed by atoms with E-state index < -0.39 is 12.1 Å². The van der Waals surface area contributed by atoms with E-state index in [-0.39, 0.29) is 11.5 Å². The molecule has 0 spiro atoms. The van der Waals surface area contributed by atoms with Gasteiger partial charge in [-0.25, -0.2) is 9.59 Å². The maximum absolute atomic E-state index is 11.6. The number of ether oxygens (including phenoxy) is 1. The number of benzene rings is 1. The van der Waals surface area contributed by atoms with E-state index in [9.17, 15) is 9.59 Å². The lowest BCUT2D eigenvalue weighted by molar-refractivity contribution is 0.0702. The first-order valence-corrected chi connectivity index (χ1v) is 7.17. The van der Waals surface area contributed by atoms with E-state index in [1.54, 1.807) is 0 Å². The van der Waals surface area contributed by atoms with Crippen LogP contribution in [-0.4, -0.2) is 17.2 Å². The zero-order chi connectivity index (χ0) is 14.5. The standard InChI is InChI=1S/C13H10BrNO4S/c14-9-6-10(12(16)17)20-11(9)15-13(18)19-7-8-4-2-1-3-5-8/h1-6H,7H2,(H,15,18)(H,16,17). The van der Waals surface area contributed by atoms with E-state index in [2.05, 4.69) is 21.2 Å². The summed E-state index contributed by atoms with van der Waals surface area (Å²) in [6.45, 7) is 0.154. The van der Waals surface area contributed by atoms with Gasteiger partial charge in [0.05, 0.1) is 4.47 Å². The van der Waals surface area contributed by atoms with Crippen LogP contribution in [0.5, 0.6) is 0 Å². The smallest absolute Gasteiger partial charge is 0.412 e. The second-order valence-corrected chi connectivity index (χ2v) is 5.69. The van der Waals surface area contributed by atoms with Crippen molar-refractivity contribution in [1.29, 1.82) is 0 Å². The Labute approximate surface area is 127 Å².